The molecular formula is C22H28N6O3S. The lowest BCUT2D eigenvalue weighted by Gasteiger charge is -2.32. The van der Waals surface area contributed by atoms with Gasteiger partial charge in [-0.15, -0.1) is 0 Å². The SMILES string of the molecule is CC(=O)N1CCO[C@H](COc2nc(-c3cnc(N(C)C)c(C)c3)cc3nccnc23)C1.S. The maximum atomic E-state index is 11.7. The van der Waals surface area contributed by atoms with Gasteiger partial charge in [0.25, 0.3) is 0 Å². The van der Waals surface area contributed by atoms with E-state index in [9.17, 15) is 4.79 Å². The summed E-state index contributed by atoms with van der Waals surface area (Å²) in [5, 5.41) is 0. The minimum Gasteiger partial charge on any atom is -0.473 e. The predicted molar refractivity (Wildman–Crippen MR) is 127 cm³/mol. The number of morpholine rings is 1. The zero-order valence-corrected chi connectivity index (χ0v) is 19.7. The van der Waals surface area contributed by atoms with Crippen LogP contribution in [0.25, 0.3) is 22.3 Å². The van der Waals surface area contributed by atoms with Crippen LogP contribution >= 0.6 is 13.5 Å². The van der Waals surface area contributed by atoms with E-state index >= 15 is 0 Å². The van der Waals surface area contributed by atoms with E-state index in [0.717, 1.165) is 16.9 Å². The molecule has 4 heterocycles. The molecule has 10 heteroatoms. The quantitative estimate of drug-likeness (QED) is 0.577. The first-order valence-corrected chi connectivity index (χ1v) is 10.2. The molecule has 1 aliphatic rings. The molecule has 170 valence electrons. The monoisotopic (exact) mass is 456 g/mol. The molecular weight excluding hydrogens is 428 g/mol. The zero-order chi connectivity index (χ0) is 22.0. The summed E-state index contributed by atoms with van der Waals surface area (Å²) >= 11 is 0. The summed E-state index contributed by atoms with van der Waals surface area (Å²) in [4.78, 5) is 33.5. The fourth-order valence-electron chi connectivity index (χ4n) is 3.65. The smallest absolute Gasteiger partial charge is 0.242 e. The van der Waals surface area contributed by atoms with Gasteiger partial charge in [-0.2, -0.15) is 13.5 Å². The van der Waals surface area contributed by atoms with Crippen molar-refractivity contribution in [2.45, 2.75) is 20.0 Å². The number of aromatic nitrogens is 4. The van der Waals surface area contributed by atoms with E-state index in [1.807, 2.05) is 38.1 Å². The number of anilines is 1. The molecule has 1 amide bonds. The van der Waals surface area contributed by atoms with E-state index in [4.69, 9.17) is 14.5 Å². The molecule has 0 unspecified atom stereocenters. The molecule has 0 N–H and O–H groups in total. The largest absolute Gasteiger partial charge is 0.473 e. The van der Waals surface area contributed by atoms with Crippen LogP contribution in [-0.2, 0) is 9.53 Å². The van der Waals surface area contributed by atoms with Crippen LogP contribution in [0.3, 0.4) is 0 Å². The fourth-order valence-corrected chi connectivity index (χ4v) is 3.65. The molecule has 1 atom stereocenters. The number of aryl methyl sites for hydroxylation is 1. The van der Waals surface area contributed by atoms with Gasteiger partial charge < -0.3 is 19.3 Å². The molecule has 0 aromatic carbocycles. The summed E-state index contributed by atoms with van der Waals surface area (Å²) in [7, 11) is 3.93. The number of ether oxygens (including phenoxy) is 2. The fraction of sp³-hybridized carbons (Fsp3) is 0.409. The van der Waals surface area contributed by atoms with Crippen LogP contribution in [0.5, 0.6) is 5.88 Å². The second kappa shape index (κ2) is 10.1. The number of pyridine rings is 2. The van der Waals surface area contributed by atoms with Gasteiger partial charge in [0.2, 0.25) is 11.8 Å². The van der Waals surface area contributed by atoms with Gasteiger partial charge in [-0.05, 0) is 24.6 Å². The first kappa shape index (κ1) is 23.7. The van der Waals surface area contributed by atoms with Crippen molar-refractivity contribution in [3.8, 4) is 17.1 Å². The van der Waals surface area contributed by atoms with Crippen LogP contribution in [-0.4, -0.2) is 77.2 Å². The zero-order valence-electron chi connectivity index (χ0n) is 18.7. The van der Waals surface area contributed by atoms with Crippen molar-refractivity contribution < 1.29 is 14.3 Å². The standard InChI is InChI=1S/C22H26N6O3.H2S/c1-14-9-16(11-25-21(14)27(3)4)18-10-19-20(24-6-5-23-19)22(26-18)31-13-17-12-28(15(2)29)7-8-30-17;/h5-6,9-11,17H,7-8,12-13H2,1-4H3;1H2/t17-;/m0./s1. The third kappa shape index (κ3) is 5.08. The molecule has 4 rings (SSSR count). The van der Waals surface area contributed by atoms with Crippen molar-refractivity contribution in [2.24, 2.45) is 0 Å². The average Bonchev–Trinajstić information content (AvgIpc) is 2.77. The third-order valence-corrected chi connectivity index (χ3v) is 5.18. The molecule has 3 aromatic heterocycles. The highest BCUT2D eigenvalue weighted by molar-refractivity contribution is 7.59. The Morgan fingerprint density at radius 2 is 2.03 bits per heavy atom. The summed E-state index contributed by atoms with van der Waals surface area (Å²) in [5.41, 5.74) is 3.90. The average molecular weight is 457 g/mol. The van der Waals surface area contributed by atoms with Crippen molar-refractivity contribution in [3.05, 3.63) is 36.3 Å². The molecule has 0 spiro atoms. The van der Waals surface area contributed by atoms with Gasteiger partial charge in [-0.1, -0.05) is 0 Å². The van der Waals surface area contributed by atoms with E-state index in [-0.39, 0.29) is 32.1 Å². The van der Waals surface area contributed by atoms with E-state index in [1.54, 1.807) is 30.4 Å². The summed E-state index contributed by atoms with van der Waals surface area (Å²) < 4.78 is 11.8. The number of carbonyl (C=O) groups excluding carboxylic acids is 1. The molecule has 1 fully saturated rings. The van der Waals surface area contributed by atoms with Gasteiger partial charge in [0.1, 0.15) is 18.5 Å². The van der Waals surface area contributed by atoms with Crippen molar-refractivity contribution in [2.75, 3.05) is 45.3 Å². The molecule has 0 saturated carbocycles. The van der Waals surface area contributed by atoms with Gasteiger partial charge in [0.05, 0.1) is 24.4 Å². The lowest BCUT2D eigenvalue weighted by Crippen LogP contribution is -2.46. The Hall–Kier alpha value is -2.98. The van der Waals surface area contributed by atoms with Gasteiger partial charge in [0, 0.05) is 51.7 Å². The van der Waals surface area contributed by atoms with E-state index in [1.165, 1.54) is 0 Å². The molecule has 0 aliphatic carbocycles. The van der Waals surface area contributed by atoms with Crippen molar-refractivity contribution >= 4 is 36.3 Å². The molecule has 1 saturated heterocycles. The number of rotatable bonds is 5. The highest BCUT2D eigenvalue weighted by Gasteiger charge is 2.23. The Balaban J connectivity index is 0.00000289. The summed E-state index contributed by atoms with van der Waals surface area (Å²) in [5.74, 6) is 1.33. The van der Waals surface area contributed by atoms with Gasteiger partial charge >= 0.3 is 0 Å². The number of fused-ring (bicyclic) bond motifs is 1. The number of hydrogen-bond acceptors (Lipinski definition) is 8. The minimum absolute atomic E-state index is 0. The number of hydrogen-bond donors (Lipinski definition) is 0. The highest BCUT2D eigenvalue weighted by Crippen LogP contribution is 2.28. The normalized spacial score (nSPS) is 15.9. The van der Waals surface area contributed by atoms with Crippen LogP contribution in [0.4, 0.5) is 5.82 Å². The topological polar surface area (TPSA) is 93.6 Å². The second-order valence-electron chi connectivity index (χ2n) is 7.76. The second-order valence-corrected chi connectivity index (χ2v) is 7.76. The Morgan fingerprint density at radius 3 is 2.75 bits per heavy atom. The highest BCUT2D eigenvalue weighted by atomic mass is 32.1. The molecule has 3 aromatic rings. The molecule has 32 heavy (non-hydrogen) atoms. The summed E-state index contributed by atoms with van der Waals surface area (Å²) in [6.07, 6.45) is 4.83. The number of carbonyl (C=O) groups is 1. The Morgan fingerprint density at radius 1 is 1.25 bits per heavy atom. The molecule has 0 bridgehead atoms. The van der Waals surface area contributed by atoms with E-state index < -0.39 is 0 Å². The minimum atomic E-state index is -0.224. The van der Waals surface area contributed by atoms with E-state index in [2.05, 4.69) is 15.0 Å². The Kier molecular flexibility index (Phi) is 7.47. The number of amides is 1. The third-order valence-electron chi connectivity index (χ3n) is 5.18. The summed E-state index contributed by atoms with van der Waals surface area (Å²) in [6, 6.07) is 3.93. The number of nitrogens with zero attached hydrogens (tertiary/aromatic N) is 6. The molecule has 0 radical (unpaired) electrons. The Bertz CT molecular complexity index is 1110. The first-order chi connectivity index (χ1) is 14.9. The van der Waals surface area contributed by atoms with Crippen LogP contribution < -0.4 is 9.64 Å². The van der Waals surface area contributed by atoms with Gasteiger partial charge in [-0.25, -0.2) is 15.0 Å². The lowest BCUT2D eigenvalue weighted by molar-refractivity contribution is -0.137. The summed E-state index contributed by atoms with van der Waals surface area (Å²) in [6.45, 7) is 5.44. The van der Waals surface area contributed by atoms with Crippen LogP contribution in [0, 0.1) is 6.92 Å². The van der Waals surface area contributed by atoms with Crippen molar-refractivity contribution in [1.29, 1.82) is 0 Å². The van der Waals surface area contributed by atoms with Crippen LogP contribution in [0.2, 0.25) is 0 Å². The molecule has 9 nitrogen and oxygen atoms in total. The van der Waals surface area contributed by atoms with Crippen molar-refractivity contribution in [3.63, 3.8) is 0 Å². The van der Waals surface area contributed by atoms with Crippen LogP contribution in [0.15, 0.2) is 30.7 Å². The maximum Gasteiger partial charge on any atom is 0.242 e. The lowest BCUT2D eigenvalue weighted by atomic mass is 10.1. The van der Waals surface area contributed by atoms with Gasteiger partial charge in [0.15, 0.2) is 5.52 Å². The predicted octanol–water partition coefficient (Wildman–Crippen LogP) is 2.20. The Labute approximate surface area is 194 Å². The van der Waals surface area contributed by atoms with Gasteiger partial charge in [-0.3, -0.25) is 9.78 Å². The van der Waals surface area contributed by atoms with Crippen molar-refractivity contribution in [1.82, 2.24) is 24.8 Å². The maximum absolute atomic E-state index is 11.7. The van der Waals surface area contributed by atoms with E-state index in [0.29, 0.717) is 42.3 Å². The van der Waals surface area contributed by atoms with Crippen LogP contribution in [0.1, 0.15) is 12.5 Å². The first-order valence-electron chi connectivity index (χ1n) is 10.2. The molecule has 1 aliphatic heterocycles.